The Labute approximate surface area is 198 Å². The van der Waals surface area contributed by atoms with Crippen molar-refractivity contribution in [2.45, 2.75) is 44.4 Å². The van der Waals surface area contributed by atoms with Gasteiger partial charge in [0.1, 0.15) is 18.1 Å². The van der Waals surface area contributed by atoms with Gasteiger partial charge in [-0.2, -0.15) is 0 Å². The third kappa shape index (κ3) is 5.09. The fourth-order valence-electron chi connectivity index (χ4n) is 5.48. The van der Waals surface area contributed by atoms with E-state index in [4.69, 9.17) is 9.47 Å². The highest BCUT2D eigenvalue weighted by atomic mass is 16.5. The molecular formula is C30H35NO2. The second-order valence-electron chi connectivity index (χ2n) is 9.36. The Morgan fingerprint density at radius 1 is 0.758 bits per heavy atom. The van der Waals surface area contributed by atoms with E-state index in [9.17, 15) is 0 Å². The van der Waals surface area contributed by atoms with Gasteiger partial charge < -0.3 is 9.47 Å². The maximum Gasteiger partial charge on any atom is 0.119 e. The Kier molecular flexibility index (Phi) is 6.97. The number of hydrogen-bond donors (Lipinski definition) is 0. The molecule has 172 valence electrons. The number of likely N-dealkylation sites (tertiary alicyclic amines) is 1. The lowest BCUT2D eigenvalue weighted by atomic mass is 9.78. The SMILES string of the molecule is COc1ccc(C(c2ccc(OCCN3CCCC3)cc2)c2cccc3c2CCCC3)cc1. The molecule has 0 saturated carbocycles. The fraction of sp³-hybridized carbons (Fsp3) is 0.400. The summed E-state index contributed by atoms with van der Waals surface area (Å²) in [5.41, 5.74) is 7.14. The van der Waals surface area contributed by atoms with Gasteiger partial charge in [0, 0.05) is 12.5 Å². The van der Waals surface area contributed by atoms with Crippen LogP contribution in [-0.2, 0) is 12.8 Å². The molecule has 1 atom stereocenters. The lowest BCUT2D eigenvalue weighted by molar-refractivity contribution is 0.238. The average molecular weight is 442 g/mol. The summed E-state index contributed by atoms with van der Waals surface area (Å²) in [5.74, 6) is 2.07. The predicted octanol–water partition coefficient (Wildman–Crippen LogP) is 6.23. The van der Waals surface area contributed by atoms with Gasteiger partial charge in [0.25, 0.3) is 0 Å². The summed E-state index contributed by atoms with van der Waals surface area (Å²) < 4.78 is 11.5. The number of benzene rings is 3. The van der Waals surface area contributed by atoms with Crippen LogP contribution in [-0.4, -0.2) is 38.3 Å². The third-order valence-corrected chi connectivity index (χ3v) is 7.28. The first-order valence-corrected chi connectivity index (χ1v) is 12.5. The molecule has 0 spiro atoms. The molecule has 0 aromatic heterocycles. The number of nitrogens with zero attached hydrogens (tertiary/aromatic N) is 1. The van der Waals surface area contributed by atoms with Gasteiger partial charge in [0.05, 0.1) is 7.11 Å². The van der Waals surface area contributed by atoms with Gasteiger partial charge >= 0.3 is 0 Å². The lowest BCUT2D eigenvalue weighted by Gasteiger charge is -2.26. The summed E-state index contributed by atoms with van der Waals surface area (Å²) in [6.45, 7) is 4.21. The number of methoxy groups -OCH3 is 1. The Morgan fingerprint density at radius 3 is 2.12 bits per heavy atom. The summed E-state index contributed by atoms with van der Waals surface area (Å²) in [6.07, 6.45) is 7.60. The third-order valence-electron chi connectivity index (χ3n) is 7.28. The van der Waals surface area contributed by atoms with Crippen molar-refractivity contribution in [1.29, 1.82) is 0 Å². The molecule has 0 radical (unpaired) electrons. The highest BCUT2D eigenvalue weighted by Gasteiger charge is 2.23. The van der Waals surface area contributed by atoms with Crippen molar-refractivity contribution >= 4 is 0 Å². The number of rotatable bonds is 8. The van der Waals surface area contributed by atoms with Crippen molar-refractivity contribution in [3.8, 4) is 11.5 Å². The van der Waals surface area contributed by atoms with Crippen molar-refractivity contribution in [2.75, 3.05) is 33.4 Å². The molecule has 3 aromatic rings. The maximum absolute atomic E-state index is 6.08. The van der Waals surface area contributed by atoms with E-state index in [0.29, 0.717) is 0 Å². The van der Waals surface area contributed by atoms with Crippen molar-refractivity contribution in [3.63, 3.8) is 0 Å². The van der Waals surface area contributed by atoms with Crippen LogP contribution in [0.2, 0.25) is 0 Å². The Bertz CT molecular complexity index is 1040. The summed E-state index contributed by atoms with van der Waals surface area (Å²) in [7, 11) is 1.72. The summed E-state index contributed by atoms with van der Waals surface area (Å²) in [5, 5.41) is 0. The van der Waals surface area contributed by atoms with Gasteiger partial charge in [0.2, 0.25) is 0 Å². The molecule has 1 unspecified atom stereocenters. The maximum atomic E-state index is 6.08. The average Bonchev–Trinajstić information content (AvgIpc) is 3.39. The van der Waals surface area contributed by atoms with Crippen molar-refractivity contribution < 1.29 is 9.47 Å². The van der Waals surface area contributed by atoms with Crippen molar-refractivity contribution in [2.24, 2.45) is 0 Å². The van der Waals surface area contributed by atoms with Crippen LogP contribution in [0.3, 0.4) is 0 Å². The van der Waals surface area contributed by atoms with E-state index in [2.05, 4.69) is 71.6 Å². The van der Waals surface area contributed by atoms with Crippen LogP contribution >= 0.6 is 0 Å². The van der Waals surface area contributed by atoms with Crippen LogP contribution in [0, 0.1) is 0 Å². The first-order valence-electron chi connectivity index (χ1n) is 12.5. The molecule has 33 heavy (non-hydrogen) atoms. The largest absolute Gasteiger partial charge is 0.497 e. The highest BCUT2D eigenvalue weighted by molar-refractivity contribution is 5.50. The highest BCUT2D eigenvalue weighted by Crippen LogP contribution is 2.38. The van der Waals surface area contributed by atoms with E-state index in [-0.39, 0.29) is 5.92 Å². The molecule has 1 saturated heterocycles. The quantitative estimate of drug-likeness (QED) is 0.387. The molecule has 5 rings (SSSR count). The zero-order valence-corrected chi connectivity index (χ0v) is 19.8. The monoisotopic (exact) mass is 441 g/mol. The van der Waals surface area contributed by atoms with Crippen molar-refractivity contribution in [3.05, 3.63) is 94.5 Å². The minimum Gasteiger partial charge on any atom is -0.497 e. The van der Waals surface area contributed by atoms with Gasteiger partial charge in [-0.1, -0.05) is 42.5 Å². The van der Waals surface area contributed by atoms with Gasteiger partial charge in [0.15, 0.2) is 0 Å². The second-order valence-corrected chi connectivity index (χ2v) is 9.36. The van der Waals surface area contributed by atoms with E-state index in [0.717, 1.165) is 24.7 Å². The minimum absolute atomic E-state index is 0.211. The summed E-state index contributed by atoms with van der Waals surface area (Å²) in [4.78, 5) is 2.49. The van der Waals surface area contributed by atoms with E-state index < -0.39 is 0 Å². The van der Waals surface area contributed by atoms with E-state index >= 15 is 0 Å². The Hall–Kier alpha value is -2.78. The molecule has 1 aliphatic carbocycles. The van der Waals surface area contributed by atoms with E-state index in [1.165, 1.54) is 73.9 Å². The number of hydrogen-bond acceptors (Lipinski definition) is 3. The molecular weight excluding hydrogens is 406 g/mol. The van der Waals surface area contributed by atoms with Gasteiger partial charge in [-0.15, -0.1) is 0 Å². The zero-order valence-electron chi connectivity index (χ0n) is 19.8. The number of aryl methyl sites for hydroxylation is 1. The molecule has 0 N–H and O–H groups in total. The first-order chi connectivity index (χ1) is 16.3. The van der Waals surface area contributed by atoms with Crippen LogP contribution in [0.15, 0.2) is 66.7 Å². The second kappa shape index (κ2) is 10.4. The molecule has 0 bridgehead atoms. The first kappa shape index (κ1) is 22.0. The summed E-state index contributed by atoms with van der Waals surface area (Å²) >= 11 is 0. The molecule has 1 heterocycles. The normalized spacial score (nSPS) is 16.9. The molecule has 3 aromatic carbocycles. The molecule has 3 heteroatoms. The van der Waals surface area contributed by atoms with Crippen LogP contribution in [0.4, 0.5) is 0 Å². The number of fused-ring (bicyclic) bond motifs is 1. The van der Waals surface area contributed by atoms with Crippen molar-refractivity contribution in [1.82, 2.24) is 4.90 Å². The van der Waals surface area contributed by atoms with Crippen LogP contribution in [0.1, 0.15) is 59.4 Å². The molecule has 1 fully saturated rings. The van der Waals surface area contributed by atoms with Gasteiger partial charge in [-0.3, -0.25) is 4.90 Å². The Balaban J connectivity index is 1.42. The standard InChI is InChI=1S/C30H35NO2/c1-32-26-15-11-24(12-16-26)30(29-10-6-8-23-7-2-3-9-28(23)29)25-13-17-27(18-14-25)33-22-21-31-19-4-5-20-31/h6,8,10-18,30H,2-5,7,9,19-22H2,1H3. The summed E-state index contributed by atoms with van der Waals surface area (Å²) in [6, 6.07) is 24.3. The topological polar surface area (TPSA) is 21.7 Å². The number of ether oxygens (including phenoxy) is 2. The lowest BCUT2D eigenvalue weighted by Crippen LogP contribution is -2.25. The minimum atomic E-state index is 0.211. The van der Waals surface area contributed by atoms with Crippen LogP contribution in [0.5, 0.6) is 11.5 Å². The molecule has 1 aliphatic heterocycles. The molecule has 3 nitrogen and oxygen atoms in total. The molecule has 0 amide bonds. The predicted molar refractivity (Wildman–Crippen MR) is 135 cm³/mol. The smallest absolute Gasteiger partial charge is 0.119 e. The Morgan fingerprint density at radius 2 is 1.42 bits per heavy atom. The van der Waals surface area contributed by atoms with Crippen LogP contribution in [0.25, 0.3) is 0 Å². The zero-order chi connectivity index (χ0) is 22.5. The van der Waals surface area contributed by atoms with Crippen LogP contribution < -0.4 is 9.47 Å². The van der Waals surface area contributed by atoms with E-state index in [1.54, 1.807) is 12.7 Å². The van der Waals surface area contributed by atoms with Gasteiger partial charge in [-0.25, -0.2) is 0 Å². The molecule has 2 aliphatic rings. The fourth-order valence-corrected chi connectivity index (χ4v) is 5.48. The van der Waals surface area contributed by atoms with Gasteiger partial charge in [-0.05, 0) is 104 Å². The van der Waals surface area contributed by atoms with E-state index in [1.807, 2.05) is 0 Å².